The number of nitrogens with one attached hydrogen (secondary N) is 2. The fourth-order valence-corrected chi connectivity index (χ4v) is 3.12. The minimum absolute atomic E-state index is 0.0908. The van der Waals surface area contributed by atoms with E-state index in [1.807, 2.05) is 0 Å². The van der Waals surface area contributed by atoms with E-state index < -0.39 is 0 Å². The Morgan fingerprint density at radius 2 is 2.16 bits per heavy atom. The number of aromatic nitrogens is 3. The van der Waals surface area contributed by atoms with Crippen LogP contribution in [0.3, 0.4) is 0 Å². The second kappa shape index (κ2) is 7.64. The standard InChI is InChI=1S/C16H18BrN5O3/c17-13-5-11(1-2-14(13)23)16(25)19-6-10-3-12(4-10)21-15(24)7-22-9-18-8-20-22/h1-2,5,8-10,12,23H,3-4,6-7H2,(H,19,25)(H,21,24). The maximum atomic E-state index is 12.1. The number of rotatable bonds is 6. The average molecular weight is 408 g/mol. The maximum Gasteiger partial charge on any atom is 0.251 e. The maximum absolute atomic E-state index is 12.1. The van der Waals surface area contributed by atoms with Crippen LogP contribution in [0.2, 0.25) is 0 Å². The molecule has 1 saturated carbocycles. The molecule has 8 nitrogen and oxygen atoms in total. The molecule has 1 aliphatic rings. The lowest BCUT2D eigenvalue weighted by Crippen LogP contribution is -2.48. The Morgan fingerprint density at radius 1 is 1.36 bits per heavy atom. The molecule has 9 heteroatoms. The zero-order valence-electron chi connectivity index (χ0n) is 13.4. The molecule has 25 heavy (non-hydrogen) atoms. The molecule has 2 amide bonds. The van der Waals surface area contributed by atoms with E-state index in [9.17, 15) is 14.7 Å². The summed E-state index contributed by atoms with van der Waals surface area (Å²) in [4.78, 5) is 27.7. The SMILES string of the molecule is O=C(Cn1cncn1)NC1CC(CNC(=O)c2ccc(O)c(Br)c2)C1. The molecular formula is C16H18BrN5O3. The van der Waals surface area contributed by atoms with E-state index in [2.05, 4.69) is 36.6 Å². The van der Waals surface area contributed by atoms with Crippen molar-refractivity contribution >= 4 is 27.7 Å². The van der Waals surface area contributed by atoms with Gasteiger partial charge in [0, 0.05) is 18.2 Å². The number of carbonyl (C=O) groups is 2. The highest BCUT2D eigenvalue weighted by atomic mass is 79.9. The van der Waals surface area contributed by atoms with Gasteiger partial charge in [0.2, 0.25) is 5.91 Å². The van der Waals surface area contributed by atoms with Gasteiger partial charge in [0.05, 0.1) is 4.47 Å². The minimum Gasteiger partial charge on any atom is -0.507 e. The van der Waals surface area contributed by atoms with Gasteiger partial charge in [0.1, 0.15) is 24.9 Å². The number of halogens is 1. The summed E-state index contributed by atoms with van der Waals surface area (Å²) in [6, 6.07) is 4.77. The van der Waals surface area contributed by atoms with E-state index in [1.54, 1.807) is 12.1 Å². The summed E-state index contributed by atoms with van der Waals surface area (Å²) in [6.45, 7) is 0.723. The van der Waals surface area contributed by atoms with E-state index in [4.69, 9.17) is 0 Å². The van der Waals surface area contributed by atoms with Crippen LogP contribution in [-0.2, 0) is 11.3 Å². The molecule has 0 radical (unpaired) electrons. The van der Waals surface area contributed by atoms with Crippen LogP contribution >= 0.6 is 15.9 Å². The minimum atomic E-state index is -0.181. The van der Waals surface area contributed by atoms with Gasteiger partial charge in [-0.2, -0.15) is 5.10 Å². The Kier molecular flexibility index (Phi) is 5.32. The molecule has 0 aliphatic heterocycles. The number of carbonyl (C=O) groups excluding carboxylic acids is 2. The first-order valence-corrected chi connectivity index (χ1v) is 8.69. The third-order valence-electron chi connectivity index (χ3n) is 4.13. The van der Waals surface area contributed by atoms with Crippen molar-refractivity contribution < 1.29 is 14.7 Å². The van der Waals surface area contributed by atoms with Crippen LogP contribution in [0, 0.1) is 5.92 Å². The van der Waals surface area contributed by atoms with Crippen molar-refractivity contribution in [2.24, 2.45) is 5.92 Å². The lowest BCUT2D eigenvalue weighted by atomic mass is 9.80. The van der Waals surface area contributed by atoms with Crippen molar-refractivity contribution in [2.45, 2.75) is 25.4 Å². The van der Waals surface area contributed by atoms with Crippen molar-refractivity contribution in [2.75, 3.05) is 6.54 Å². The molecule has 1 fully saturated rings. The quantitative estimate of drug-likeness (QED) is 0.663. The molecular weight excluding hydrogens is 390 g/mol. The van der Waals surface area contributed by atoms with E-state index in [0.29, 0.717) is 22.5 Å². The topological polar surface area (TPSA) is 109 Å². The molecule has 3 N–H and O–H groups in total. The molecule has 1 aromatic carbocycles. The highest BCUT2D eigenvalue weighted by molar-refractivity contribution is 9.10. The van der Waals surface area contributed by atoms with Crippen molar-refractivity contribution in [1.29, 1.82) is 0 Å². The summed E-state index contributed by atoms with van der Waals surface area (Å²) in [5, 5.41) is 19.2. The van der Waals surface area contributed by atoms with Gasteiger partial charge in [-0.3, -0.25) is 9.59 Å². The Balaban J connectivity index is 1.36. The number of benzene rings is 1. The molecule has 0 bridgehead atoms. The Bertz CT molecular complexity index is 759. The molecule has 0 atom stereocenters. The van der Waals surface area contributed by atoms with Crippen LogP contribution in [0.1, 0.15) is 23.2 Å². The van der Waals surface area contributed by atoms with Crippen molar-refractivity contribution in [3.63, 3.8) is 0 Å². The summed E-state index contributed by atoms with van der Waals surface area (Å²) < 4.78 is 1.96. The predicted octanol–water partition coefficient (Wildman–Crippen LogP) is 1.07. The molecule has 0 unspecified atom stereocenters. The van der Waals surface area contributed by atoms with Crippen LogP contribution in [0.25, 0.3) is 0 Å². The van der Waals surface area contributed by atoms with Gasteiger partial charge in [0.15, 0.2) is 0 Å². The lowest BCUT2D eigenvalue weighted by Gasteiger charge is -2.35. The number of phenolic OH excluding ortho intramolecular Hbond substituents is 1. The number of amides is 2. The molecule has 132 valence electrons. The smallest absolute Gasteiger partial charge is 0.251 e. The molecule has 1 heterocycles. The normalized spacial score (nSPS) is 19.1. The second-order valence-electron chi connectivity index (χ2n) is 6.07. The summed E-state index contributed by atoms with van der Waals surface area (Å²) in [5.74, 6) is 0.174. The number of hydrogen-bond donors (Lipinski definition) is 3. The zero-order chi connectivity index (χ0) is 17.8. The number of aromatic hydroxyl groups is 1. The van der Waals surface area contributed by atoms with Gasteiger partial charge in [-0.15, -0.1) is 0 Å². The summed E-state index contributed by atoms with van der Waals surface area (Å²) in [6.07, 6.45) is 4.56. The largest absolute Gasteiger partial charge is 0.507 e. The fourth-order valence-electron chi connectivity index (χ4n) is 2.74. The van der Waals surface area contributed by atoms with Crippen LogP contribution < -0.4 is 10.6 Å². The Morgan fingerprint density at radius 3 is 2.84 bits per heavy atom. The Labute approximate surface area is 152 Å². The van der Waals surface area contributed by atoms with Gasteiger partial charge in [-0.05, 0) is 52.9 Å². The van der Waals surface area contributed by atoms with Gasteiger partial charge in [-0.25, -0.2) is 9.67 Å². The van der Waals surface area contributed by atoms with E-state index in [0.717, 1.165) is 12.8 Å². The van der Waals surface area contributed by atoms with Gasteiger partial charge >= 0.3 is 0 Å². The van der Waals surface area contributed by atoms with Crippen LogP contribution in [-0.4, -0.2) is 44.3 Å². The number of nitrogens with zero attached hydrogens (tertiary/aromatic N) is 3. The molecule has 1 aliphatic carbocycles. The summed E-state index contributed by atoms with van der Waals surface area (Å²) >= 11 is 3.19. The molecule has 0 saturated heterocycles. The van der Waals surface area contributed by atoms with Gasteiger partial charge < -0.3 is 15.7 Å². The monoisotopic (exact) mass is 407 g/mol. The van der Waals surface area contributed by atoms with Crippen molar-refractivity contribution in [3.8, 4) is 5.75 Å². The zero-order valence-corrected chi connectivity index (χ0v) is 14.9. The number of phenols is 1. The second-order valence-corrected chi connectivity index (χ2v) is 6.93. The highest BCUT2D eigenvalue weighted by Gasteiger charge is 2.30. The average Bonchev–Trinajstić information content (AvgIpc) is 3.04. The molecule has 1 aromatic heterocycles. The predicted molar refractivity (Wildman–Crippen MR) is 92.8 cm³/mol. The first kappa shape index (κ1) is 17.4. The van der Waals surface area contributed by atoms with E-state index in [-0.39, 0.29) is 30.2 Å². The fraction of sp³-hybridized carbons (Fsp3) is 0.375. The van der Waals surface area contributed by atoms with Crippen molar-refractivity contribution in [3.05, 3.63) is 40.9 Å². The molecule has 0 spiro atoms. The van der Waals surface area contributed by atoms with Gasteiger partial charge in [-0.1, -0.05) is 0 Å². The Hall–Kier alpha value is -2.42. The van der Waals surface area contributed by atoms with Crippen LogP contribution in [0.4, 0.5) is 0 Å². The highest BCUT2D eigenvalue weighted by Crippen LogP contribution is 2.27. The summed E-state index contributed by atoms with van der Waals surface area (Å²) in [5.41, 5.74) is 0.488. The third kappa shape index (κ3) is 4.56. The first-order chi connectivity index (χ1) is 12.0. The van der Waals surface area contributed by atoms with Gasteiger partial charge in [0.25, 0.3) is 5.91 Å². The van der Waals surface area contributed by atoms with Crippen molar-refractivity contribution in [1.82, 2.24) is 25.4 Å². The summed E-state index contributed by atoms with van der Waals surface area (Å²) in [7, 11) is 0. The van der Waals surface area contributed by atoms with E-state index >= 15 is 0 Å². The lowest BCUT2D eigenvalue weighted by molar-refractivity contribution is -0.123. The van der Waals surface area contributed by atoms with E-state index in [1.165, 1.54) is 23.4 Å². The van der Waals surface area contributed by atoms with Crippen LogP contribution in [0.5, 0.6) is 5.75 Å². The molecule has 3 rings (SSSR count). The first-order valence-electron chi connectivity index (χ1n) is 7.89. The molecule has 2 aromatic rings. The third-order valence-corrected chi connectivity index (χ3v) is 4.77. The number of hydrogen-bond acceptors (Lipinski definition) is 5. The van der Waals surface area contributed by atoms with Crippen LogP contribution in [0.15, 0.2) is 35.3 Å².